The van der Waals surface area contributed by atoms with E-state index in [1.807, 2.05) is 0 Å². The van der Waals surface area contributed by atoms with Gasteiger partial charge in [0.05, 0.1) is 4.90 Å². The van der Waals surface area contributed by atoms with Gasteiger partial charge in [-0.05, 0) is 25.1 Å². The number of aromatic carboxylic acids is 1. The summed E-state index contributed by atoms with van der Waals surface area (Å²) in [6.07, 6.45) is 0. The molecule has 0 aliphatic carbocycles. The van der Waals surface area contributed by atoms with E-state index < -0.39 is 16.0 Å². The first kappa shape index (κ1) is 14.0. The van der Waals surface area contributed by atoms with E-state index in [-0.39, 0.29) is 22.8 Å². The Labute approximate surface area is 104 Å². The molecule has 0 fully saturated rings. The number of ether oxygens (including phenoxy) is 1. The number of nitrogens with two attached hydrogens (primary N) is 1. The summed E-state index contributed by atoms with van der Waals surface area (Å²) in [6, 6.07) is 3.36. The molecule has 0 aromatic heterocycles. The number of rotatable bonds is 4. The molecule has 7 heteroatoms. The normalized spacial score (nSPS) is 10.3. The third kappa shape index (κ3) is 3.48. The van der Waals surface area contributed by atoms with Crippen LogP contribution in [0.15, 0.2) is 23.1 Å². The van der Waals surface area contributed by atoms with E-state index >= 15 is 0 Å². The maximum atomic E-state index is 11.1. The third-order valence-electron chi connectivity index (χ3n) is 1.99. The second kappa shape index (κ2) is 5.53. The quantitative estimate of drug-likeness (QED) is 0.771. The summed E-state index contributed by atoms with van der Waals surface area (Å²) < 4.78 is 27.3. The van der Waals surface area contributed by atoms with Gasteiger partial charge in [0.25, 0.3) is 0 Å². The minimum atomic E-state index is -3.95. The Hall–Kier alpha value is -2.04. The van der Waals surface area contributed by atoms with Crippen LogP contribution in [-0.2, 0) is 10.0 Å². The van der Waals surface area contributed by atoms with Crippen molar-refractivity contribution in [3.63, 3.8) is 0 Å². The summed E-state index contributed by atoms with van der Waals surface area (Å²) in [5, 5.41) is 13.9. The van der Waals surface area contributed by atoms with E-state index in [0.717, 1.165) is 6.07 Å². The molecule has 0 spiro atoms. The summed E-state index contributed by atoms with van der Waals surface area (Å²) in [7, 11) is -3.95. The molecular weight excluding hydrogens is 258 g/mol. The predicted octanol–water partition coefficient (Wildman–Crippen LogP) is 0.434. The third-order valence-corrected chi connectivity index (χ3v) is 2.90. The Balaban J connectivity index is 3.19. The van der Waals surface area contributed by atoms with Gasteiger partial charge in [0, 0.05) is 0 Å². The molecule has 0 radical (unpaired) electrons. The minimum Gasteiger partial charge on any atom is -0.480 e. The molecule has 0 amide bonds. The number of carboxylic acid groups (broad SMARTS) is 1. The molecule has 96 valence electrons. The van der Waals surface area contributed by atoms with E-state index in [2.05, 4.69) is 11.8 Å². The van der Waals surface area contributed by atoms with E-state index in [1.54, 1.807) is 6.92 Å². The van der Waals surface area contributed by atoms with Gasteiger partial charge >= 0.3 is 5.97 Å². The molecule has 0 saturated carbocycles. The zero-order valence-electron chi connectivity index (χ0n) is 9.50. The molecule has 1 rings (SSSR count). The highest BCUT2D eigenvalue weighted by molar-refractivity contribution is 7.89. The average Bonchev–Trinajstić information content (AvgIpc) is 2.28. The minimum absolute atomic E-state index is 0.0193. The molecule has 0 bridgehead atoms. The number of carbonyl (C=O) groups is 1. The standard InChI is InChI=1S/C11H11NO5S/c1-2-3-6-17-10-5-4-8(18(12,15)16)7-9(10)11(13)14/h4-5,7H,6H2,1H3,(H,13,14)(H2,12,15,16). The van der Waals surface area contributed by atoms with Gasteiger partial charge in [-0.2, -0.15) is 0 Å². The maximum absolute atomic E-state index is 11.1. The highest BCUT2D eigenvalue weighted by Gasteiger charge is 2.16. The molecule has 1 aromatic rings. The highest BCUT2D eigenvalue weighted by atomic mass is 32.2. The summed E-state index contributed by atoms with van der Waals surface area (Å²) in [5.74, 6) is 3.92. The molecule has 1 aromatic carbocycles. The summed E-state index contributed by atoms with van der Waals surface area (Å²) in [4.78, 5) is 10.7. The average molecular weight is 269 g/mol. The fourth-order valence-corrected chi connectivity index (χ4v) is 1.70. The lowest BCUT2D eigenvalue weighted by Crippen LogP contribution is -2.13. The second-order valence-electron chi connectivity index (χ2n) is 3.22. The number of benzene rings is 1. The van der Waals surface area contributed by atoms with E-state index in [0.29, 0.717) is 0 Å². The van der Waals surface area contributed by atoms with Crippen molar-refractivity contribution in [3.8, 4) is 17.6 Å². The molecule has 0 saturated heterocycles. The maximum Gasteiger partial charge on any atom is 0.339 e. The van der Waals surface area contributed by atoms with Crippen LogP contribution in [0.5, 0.6) is 5.75 Å². The molecule has 0 aliphatic rings. The van der Waals surface area contributed by atoms with Crippen molar-refractivity contribution >= 4 is 16.0 Å². The van der Waals surface area contributed by atoms with Gasteiger partial charge < -0.3 is 9.84 Å². The lowest BCUT2D eigenvalue weighted by Gasteiger charge is -2.07. The van der Waals surface area contributed by atoms with Crippen LogP contribution in [0.1, 0.15) is 17.3 Å². The smallest absolute Gasteiger partial charge is 0.339 e. The highest BCUT2D eigenvalue weighted by Crippen LogP contribution is 2.22. The number of primary sulfonamides is 1. The van der Waals surface area contributed by atoms with Crippen LogP contribution < -0.4 is 9.88 Å². The molecule has 6 nitrogen and oxygen atoms in total. The van der Waals surface area contributed by atoms with Crippen molar-refractivity contribution in [3.05, 3.63) is 23.8 Å². The van der Waals surface area contributed by atoms with Crippen molar-refractivity contribution in [1.82, 2.24) is 0 Å². The van der Waals surface area contributed by atoms with Crippen LogP contribution in [0.2, 0.25) is 0 Å². The number of hydrogen-bond donors (Lipinski definition) is 2. The number of hydrogen-bond acceptors (Lipinski definition) is 4. The lowest BCUT2D eigenvalue weighted by molar-refractivity contribution is 0.0692. The molecular formula is C11H11NO5S. The number of carboxylic acids is 1. The van der Waals surface area contributed by atoms with Crippen molar-refractivity contribution < 1.29 is 23.1 Å². The molecule has 0 aliphatic heterocycles. The van der Waals surface area contributed by atoms with Crippen LogP contribution in [0.25, 0.3) is 0 Å². The van der Waals surface area contributed by atoms with Crippen molar-refractivity contribution in [2.24, 2.45) is 5.14 Å². The SMILES string of the molecule is CC#CCOc1ccc(S(N)(=O)=O)cc1C(=O)O. The van der Waals surface area contributed by atoms with Crippen LogP contribution >= 0.6 is 0 Å². The molecule has 0 atom stereocenters. The van der Waals surface area contributed by atoms with Gasteiger partial charge in [-0.15, -0.1) is 5.92 Å². The Morgan fingerprint density at radius 3 is 2.67 bits per heavy atom. The van der Waals surface area contributed by atoms with E-state index in [1.165, 1.54) is 12.1 Å². The van der Waals surface area contributed by atoms with Crippen molar-refractivity contribution in [2.45, 2.75) is 11.8 Å². The predicted molar refractivity (Wildman–Crippen MR) is 63.7 cm³/mol. The van der Waals surface area contributed by atoms with Gasteiger partial charge in [-0.25, -0.2) is 18.4 Å². The Morgan fingerprint density at radius 2 is 2.17 bits per heavy atom. The fourth-order valence-electron chi connectivity index (χ4n) is 1.17. The Bertz CT molecular complexity index is 625. The number of sulfonamides is 1. The lowest BCUT2D eigenvalue weighted by atomic mass is 10.2. The molecule has 3 N–H and O–H groups in total. The van der Waals surface area contributed by atoms with Crippen LogP contribution in [0, 0.1) is 11.8 Å². The Kier molecular flexibility index (Phi) is 4.31. The van der Waals surface area contributed by atoms with Gasteiger partial charge in [0.1, 0.15) is 17.9 Å². The first-order valence-corrected chi connectivity index (χ1v) is 6.33. The topological polar surface area (TPSA) is 107 Å². The largest absolute Gasteiger partial charge is 0.480 e. The fraction of sp³-hybridized carbons (Fsp3) is 0.182. The molecule has 18 heavy (non-hydrogen) atoms. The van der Waals surface area contributed by atoms with E-state index in [9.17, 15) is 13.2 Å². The molecule has 0 heterocycles. The first-order valence-electron chi connectivity index (χ1n) is 4.79. The Morgan fingerprint density at radius 1 is 1.50 bits per heavy atom. The van der Waals surface area contributed by atoms with Gasteiger partial charge in [0.2, 0.25) is 10.0 Å². The zero-order valence-corrected chi connectivity index (χ0v) is 10.3. The zero-order chi connectivity index (χ0) is 13.8. The van der Waals surface area contributed by atoms with E-state index in [4.69, 9.17) is 15.0 Å². The van der Waals surface area contributed by atoms with Gasteiger partial charge in [-0.3, -0.25) is 0 Å². The molecule has 0 unspecified atom stereocenters. The van der Waals surface area contributed by atoms with Gasteiger partial charge in [0.15, 0.2) is 0 Å². The van der Waals surface area contributed by atoms with Crippen molar-refractivity contribution in [2.75, 3.05) is 6.61 Å². The van der Waals surface area contributed by atoms with Crippen LogP contribution in [0.4, 0.5) is 0 Å². The summed E-state index contributed by atoms with van der Waals surface area (Å²) in [5.41, 5.74) is -0.278. The van der Waals surface area contributed by atoms with Crippen LogP contribution in [-0.4, -0.2) is 26.1 Å². The summed E-state index contributed by atoms with van der Waals surface area (Å²) >= 11 is 0. The monoisotopic (exact) mass is 269 g/mol. The van der Waals surface area contributed by atoms with Gasteiger partial charge in [-0.1, -0.05) is 5.92 Å². The first-order chi connectivity index (χ1) is 8.36. The van der Waals surface area contributed by atoms with Crippen molar-refractivity contribution in [1.29, 1.82) is 0 Å². The van der Waals surface area contributed by atoms with Crippen LogP contribution in [0.3, 0.4) is 0 Å². The second-order valence-corrected chi connectivity index (χ2v) is 4.79. The summed E-state index contributed by atoms with van der Waals surface area (Å²) in [6.45, 7) is 1.64.